The average molecular weight is 405 g/mol. The molecule has 6 nitrogen and oxygen atoms in total. The minimum absolute atomic E-state index is 0.143. The first kappa shape index (κ1) is 19.1. The molecule has 1 aliphatic carbocycles. The van der Waals surface area contributed by atoms with Crippen molar-refractivity contribution in [3.63, 3.8) is 0 Å². The number of benzene rings is 1. The molecule has 2 amide bonds. The first-order valence-corrected chi connectivity index (χ1v) is 10.0. The largest absolute Gasteiger partial charge is 0.475 e. The number of allylic oxidation sites excluding steroid dienone is 1. The van der Waals surface area contributed by atoms with Gasteiger partial charge in [-0.1, -0.05) is 24.6 Å². The van der Waals surface area contributed by atoms with Crippen LogP contribution in [0.25, 0.3) is 5.70 Å². The number of amides is 2. The number of halogens is 1. The fourth-order valence-corrected chi connectivity index (χ4v) is 3.79. The highest BCUT2D eigenvalue weighted by Gasteiger charge is 2.55. The fourth-order valence-electron chi connectivity index (χ4n) is 3.53. The van der Waals surface area contributed by atoms with Crippen LogP contribution in [0.3, 0.4) is 0 Å². The van der Waals surface area contributed by atoms with Gasteiger partial charge in [0.1, 0.15) is 17.0 Å². The summed E-state index contributed by atoms with van der Waals surface area (Å²) in [6.45, 7) is 8.21. The summed E-state index contributed by atoms with van der Waals surface area (Å²) >= 11 is 6.45. The van der Waals surface area contributed by atoms with Crippen LogP contribution in [0, 0.1) is 5.92 Å². The van der Waals surface area contributed by atoms with Crippen LogP contribution >= 0.6 is 11.6 Å². The predicted molar refractivity (Wildman–Crippen MR) is 107 cm³/mol. The molecule has 2 aliphatic heterocycles. The second-order valence-electron chi connectivity index (χ2n) is 8.90. The van der Waals surface area contributed by atoms with E-state index in [4.69, 9.17) is 21.1 Å². The molecule has 1 saturated carbocycles. The van der Waals surface area contributed by atoms with Gasteiger partial charge in [-0.2, -0.15) is 0 Å². The van der Waals surface area contributed by atoms with Crippen LogP contribution in [0.5, 0.6) is 5.75 Å². The van der Waals surface area contributed by atoms with Crippen LogP contribution in [-0.2, 0) is 9.53 Å². The SMILES string of the molecule is C[C@H]1CC=C(c2cc(Cl)c3c(c2)OC2(CC2)C(=O)N3)N(C(=O)OC(C)(C)C)C1. The van der Waals surface area contributed by atoms with Crippen molar-refractivity contribution in [1.82, 2.24) is 4.90 Å². The third kappa shape index (κ3) is 3.46. The van der Waals surface area contributed by atoms with E-state index in [9.17, 15) is 9.59 Å². The van der Waals surface area contributed by atoms with E-state index in [2.05, 4.69) is 12.2 Å². The molecule has 2 heterocycles. The van der Waals surface area contributed by atoms with Crippen molar-refractivity contribution in [3.05, 3.63) is 28.8 Å². The van der Waals surface area contributed by atoms with Gasteiger partial charge >= 0.3 is 6.09 Å². The molecule has 1 fully saturated rings. The summed E-state index contributed by atoms with van der Waals surface area (Å²) < 4.78 is 11.6. The van der Waals surface area contributed by atoms with Crippen molar-refractivity contribution in [3.8, 4) is 5.75 Å². The molecule has 0 aromatic heterocycles. The number of carbonyl (C=O) groups is 2. The molecule has 0 bridgehead atoms. The van der Waals surface area contributed by atoms with Crippen molar-refractivity contribution < 1.29 is 19.1 Å². The minimum Gasteiger partial charge on any atom is -0.475 e. The van der Waals surface area contributed by atoms with Crippen molar-refractivity contribution in [2.75, 3.05) is 11.9 Å². The van der Waals surface area contributed by atoms with E-state index in [-0.39, 0.29) is 12.0 Å². The number of ether oxygens (including phenoxy) is 2. The smallest absolute Gasteiger partial charge is 0.414 e. The first-order valence-electron chi connectivity index (χ1n) is 9.63. The number of hydrogen-bond donors (Lipinski definition) is 1. The maximum atomic E-state index is 12.8. The van der Waals surface area contributed by atoms with Crippen LogP contribution in [-0.4, -0.2) is 34.6 Å². The Morgan fingerprint density at radius 2 is 2.07 bits per heavy atom. The lowest BCUT2D eigenvalue weighted by molar-refractivity contribution is -0.125. The van der Waals surface area contributed by atoms with Gasteiger partial charge in [0.15, 0.2) is 5.60 Å². The average Bonchev–Trinajstić information content (AvgIpc) is 3.35. The van der Waals surface area contributed by atoms with Crippen LogP contribution < -0.4 is 10.1 Å². The maximum Gasteiger partial charge on any atom is 0.414 e. The fraction of sp³-hybridized carbons (Fsp3) is 0.524. The van der Waals surface area contributed by atoms with Gasteiger partial charge in [-0.3, -0.25) is 9.69 Å². The van der Waals surface area contributed by atoms with Crippen molar-refractivity contribution in [2.45, 2.75) is 58.2 Å². The van der Waals surface area contributed by atoms with Gasteiger partial charge in [-0.05, 0) is 45.2 Å². The monoisotopic (exact) mass is 404 g/mol. The lowest BCUT2D eigenvalue weighted by Gasteiger charge is -2.34. The number of rotatable bonds is 1. The number of anilines is 1. The molecule has 150 valence electrons. The standard InChI is InChI=1S/C21H25ClN2O4/c1-12-5-6-15(24(11-12)19(26)28-20(2,3)4)13-9-14(22)17-16(10-13)27-21(7-8-21)18(25)23-17/h6,9-10,12H,5,7-8,11H2,1-4H3,(H,23,25)/t12-/m0/s1. The summed E-state index contributed by atoms with van der Waals surface area (Å²) in [6, 6.07) is 3.61. The highest BCUT2D eigenvalue weighted by molar-refractivity contribution is 6.34. The summed E-state index contributed by atoms with van der Waals surface area (Å²) in [7, 11) is 0. The third-order valence-corrected chi connectivity index (χ3v) is 5.42. The van der Waals surface area contributed by atoms with Crippen LogP contribution in [0.15, 0.2) is 18.2 Å². The molecule has 1 N–H and O–H groups in total. The van der Waals surface area contributed by atoms with Gasteiger partial charge in [0.25, 0.3) is 5.91 Å². The zero-order chi connectivity index (χ0) is 20.3. The lowest BCUT2D eigenvalue weighted by Crippen LogP contribution is -2.40. The lowest BCUT2D eigenvalue weighted by atomic mass is 9.98. The molecule has 0 radical (unpaired) electrons. The second-order valence-corrected chi connectivity index (χ2v) is 9.31. The van der Waals surface area contributed by atoms with Crippen molar-refractivity contribution in [2.24, 2.45) is 5.92 Å². The zero-order valence-corrected chi connectivity index (χ0v) is 17.4. The van der Waals surface area contributed by atoms with E-state index >= 15 is 0 Å². The Labute approximate surface area is 169 Å². The molecule has 4 rings (SSSR count). The second kappa shape index (κ2) is 6.41. The van der Waals surface area contributed by atoms with Gasteiger partial charge < -0.3 is 14.8 Å². The molecule has 0 unspecified atom stereocenters. The van der Waals surface area contributed by atoms with Crippen LogP contribution in [0.2, 0.25) is 5.02 Å². The summed E-state index contributed by atoms with van der Waals surface area (Å²) in [5.41, 5.74) is 0.676. The Morgan fingerprint density at radius 3 is 2.71 bits per heavy atom. The Morgan fingerprint density at radius 1 is 1.36 bits per heavy atom. The van der Waals surface area contributed by atoms with E-state index in [0.29, 0.717) is 41.8 Å². The van der Waals surface area contributed by atoms with E-state index in [1.165, 1.54) is 0 Å². The zero-order valence-electron chi connectivity index (χ0n) is 16.6. The molecule has 7 heteroatoms. The first-order chi connectivity index (χ1) is 13.1. The molecule has 1 spiro atoms. The summed E-state index contributed by atoms with van der Waals surface area (Å²) in [5.74, 6) is 0.730. The number of fused-ring (bicyclic) bond motifs is 1. The van der Waals surface area contributed by atoms with Crippen LogP contribution in [0.4, 0.5) is 10.5 Å². The molecule has 1 aromatic carbocycles. The Balaban J connectivity index is 1.70. The molecular formula is C21H25ClN2O4. The van der Waals surface area contributed by atoms with Gasteiger partial charge in [-0.25, -0.2) is 4.79 Å². The summed E-state index contributed by atoms with van der Waals surface area (Å²) in [5, 5.41) is 3.25. The van der Waals surface area contributed by atoms with Gasteiger partial charge in [0.2, 0.25) is 0 Å². The summed E-state index contributed by atoms with van der Waals surface area (Å²) in [6.07, 6.45) is 3.90. The normalized spacial score (nSPS) is 22.8. The summed E-state index contributed by atoms with van der Waals surface area (Å²) in [4.78, 5) is 26.7. The van der Waals surface area contributed by atoms with Gasteiger partial charge in [0, 0.05) is 24.9 Å². The highest BCUT2D eigenvalue weighted by atomic mass is 35.5. The number of hydrogen-bond acceptors (Lipinski definition) is 4. The molecule has 1 aromatic rings. The minimum atomic E-state index is -0.755. The van der Waals surface area contributed by atoms with E-state index in [0.717, 1.165) is 17.7 Å². The topological polar surface area (TPSA) is 67.9 Å². The van der Waals surface area contributed by atoms with Crippen molar-refractivity contribution in [1.29, 1.82) is 0 Å². The van der Waals surface area contributed by atoms with Gasteiger partial charge in [-0.15, -0.1) is 0 Å². The molecule has 1 atom stereocenters. The molecule has 28 heavy (non-hydrogen) atoms. The predicted octanol–water partition coefficient (Wildman–Crippen LogP) is 4.82. The molecule has 0 saturated heterocycles. The molecular weight excluding hydrogens is 380 g/mol. The van der Waals surface area contributed by atoms with E-state index in [1.54, 1.807) is 11.0 Å². The van der Waals surface area contributed by atoms with Gasteiger partial charge in [0.05, 0.1) is 10.7 Å². The third-order valence-electron chi connectivity index (χ3n) is 5.12. The number of carbonyl (C=O) groups excluding carboxylic acids is 2. The number of nitrogens with zero attached hydrogens (tertiary/aromatic N) is 1. The van der Waals surface area contributed by atoms with Crippen LogP contribution in [0.1, 0.15) is 52.5 Å². The Hall–Kier alpha value is -2.21. The van der Waals surface area contributed by atoms with Crippen molar-refractivity contribution >= 4 is 35.0 Å². The van der Waals surface area contributed by atoms with E-state index in [1.807, 2.05) is 32.9 Å². The Bertz CT molecular complexity index is 883. The maximum absolute atomic E-state index is 12.8. The molecule has 3 aliphatic rings. The highest BCUT2D eigenvalue weighted by Crippen LogP contribution is 2.49. The van der Waals surface area contributed by atoms with E-state index < -0.39 is 11.2 Å². The number of nitrogens with one attached hydrogen (secondary N) is 1. The quantitative estimate of drug-likeness (QED) is 0.728. The Kier molecular flexibility index (Phi) is 4.38.